The number of carbonyl (C=O) groups is 9. The van der Waals surface area contributed by atoms with Crippen molar-refractivity contribution in [2.24, 2.45) is 0 Å². The quantitative estimate of drug-likeness (QED) is 0.0484. The van der Waals surface area contributed by atoms with Gasteiger partial charge in [-0.25, -0.2) is 0 Å². The van der Waals surface area contributed by atoms with E-state index in [0.29, 0.717) is 73.0 Å². The van der Waals surface area contributed by atoms with Gasteiger partial charge in [-0.15, -0.1) is 0 Å². The molecule has 0 fully saturated rings. The molecule has 0 aromatic carbocycles. The van der Waals surface area contributed by atoms with Gasteiger partial charge in [0.2, 0.25) is 5.91 Å². The summed E-state index contributed by atoms with van der Waals surface area (Å²) in [5.74, 6) is -5.15. The Kier molecular flexibility index (Phi) is 21.4. The summed E-state index contributed by atoms with van der Waals surface area (Å²) in [6.07, 6.45) is -0.0823. The molecule has 4 rings (SSSR count). The van der Waals surface area contributed by atoms with Crippen LogP contribution in [0.5, 0.6) is 0 Å². The van der Waals surface area contributed by atoms with Crippen LogP contribution in [0.4, 0.5) is 0 Å². The van der Waals surface area contributed by atoms with Gasteiger partial charge in [-0.2, -0.15) is 0 Å². The molecule has 0 aliphatic carbocycles. The first-order chi connectivity index (χ1) is 34.4. The Hall–Kier alpha value is -7.23. The van der Waals surface area contributed by atoms with Gasteiger partial charge in [-0.3, -0.25) is 43.2 Å². The number of aromatic amines is 3. The van der Waals surface area contributed by atoms with E-state index in [9.17, 15) is 48.3 Å². The molecule has 1 atom stereocenters. The molecular formula is C50H66N4O18. The Labute approximate surface area is 416 Å². The zero-order chi connectivity index (χ0) is 53.3. The second kappa shape index (κ2) is 26.8. The van der Waals surface area contributed by atoms with Crippen LogP contribution in [0.3, 0.4) is 0 Å². The zero-order valence-electron chi connectivity index (χ0n) is 42.4. The Morgan fingerprint density at radius 3 is 1.39 bits per heavy atom. The summed E-state index contributed by atoms with van der Waals surface area (Å²) in [5, 5.41) is 10.6. The van der Waals surface area contributed by atoms with E-state index in [1.54, 1.807) is 11.1 Å². The standard InChI is InChI=1S/C50H66N4O18/c1-28(56)54-26-29(10-14-42(57)65-2)36(21-49(64)72-9)50(54,23-39-31(11-15-43(58)66-3)30(25-51-39)18-46(61)69-6)24-40-35(20-48(63)71-8)32(12-16-44(59)67-4)37(52-40)22-38-34(19-47(62)70-7)33(41(27-55)53-38)13-17-45(60)68-5/h25,51-53,55H,10-24,26-27H2,1-9H3. The number of aliphatic hydroxyl groups is 1. The molecule has 4 heterocycles. The fraction of sp³-hybridized carbons (Fsp3) is 0.540. The Bertz CT molecular complexity index is 2530. The van der Waals surface area contributed by atoms with Gasteiger partial charge >= 0.3 is 47.8 Å². The fourth-order valence-corrected chi connectivity index (χ4v) is 9.49. The predicted octanol–water partition coefficient (Wildman–Crippen LogP) is 2.42. The van der Waals surface area contributed by atoms with Crippen molar-refractivity contribution < 1.29 is 86.2 Å². The van der Waals surface area contributed by atoms with Crippen LogP contribution in [-0.4, -0.2) is 148 Å². The Balaban J connectivity index is 2.16. The molecule has 0 radical (unpaired) electrons. The minimum absolute atomic E-state index is 0.00375. The first kappa shape index (κ1) is 57.3. The van der Waals surface area contributed by atoms with Gasteiger partial charge in [0.05, 0.1) is 94.7 Å². The van der Waals surface area contributed by atoms with Crippen molar-refractivity contribution in [3.05, 3.63) is 79.2 Å². The molecule has 1 aliphatic rings. The molecule has 22 nitrogen and oxygen atoms in total. The van der Waals surface area contributed by atoms with Crippen LogP contribution in [0, 0.1) is 0 Å². The lowest BCUT2D eigenvalue weighted by atomic mass is 9.76. The van der Waals surface area contributed by atoms with E-state index < -0.39 is 65.8 Å². The zero-order valence-corrected chi connectivity index (χ0v) is 42.4. The molecule has 0 saturated heterocycles. The molecule has 22 heteroatoms. The number of rotatable bonds is 27. The number of aromatic nitrogens is 3. The van der Waals surface area contributed by atoms with Gasteiger partial charge in [-0.05, 0) is 70.2 Å². The van der Waals surface area contributed by atoms with Crippen LogP contribution in [0.2, 0.25) is 0 Å². The number of nitrogens with zero attached hydrogens (tertiary/aromatic N) is 1. The van der Waals surface area contributed by atoms with Crippen LogP contribution in [0.25, 0.3) is 0 Å². The van der Waals surface area contributed by atoms with E-state index in [0.717, 1.165) is 0 Å². The summed E-state index contributed by atoms with van der Waals surface area (Å²) < 4.78 is 40.3. The lowest BCUT2D eigenvalue weighted by Gasteiger charge is -2.41. The maximum Gasteiger partial charge on any atom is 0.310 e. The van der Waals surface area contributed by atoms with Crippen molar-refractivity contribution in [2.45, 2.75) is 115 Å². The van der Waals surface area contributed by atoms with Crippen molar-refractivity contribution >= 4 is 53.7 Å². The summed E-state index contributed by atoms with van der Waals surface area (Å²) in [6, 6.07) is 0. The van der Waals surface area contributed by atoms with Gasteiger partial charge in [-0.1, -0.05) is 0 Å². The number of methoxy groups -OCH3 is 8. The molecule has 3 aromatic heterocycles. The topological polar surface area (TPSA) is 298 Å². The Morgan fingerprint density at radius 1 is 0.500 bits per heavy atom. The van der Waals surface area contributed by atoms with E-state index in [4.69, 9.17) is 37.9 Å². The first-order valence-corrected chi connectivity index (χ1v) is 23.1. The third-order valence-electron chi connectivity index (χ3n) is 13.1. The number of ether oxygens (including phenoxy) is 8. The van der Waals surface area contributed by atoms with E-state index in [1.165, 1.54) is 63.8 Å². The molecule has 1 amide bonds. The number of hydrogen-bond acceptors (Lipinski definition) is 18. The molecule has 72 heavy (non-hydrogen) atoms. The average Bonchev–Trinajstić information content (AvgIpc) is 4.09. The van der Waals surface area contributed by atoms with Crippen molar-refractivity contribution in [1.82, 2.24) is 19.9 Å². The van der Waals surface area contributed by atoms with Crippen molar-refractivity contribution in [3.63, 3.8) is 0 Å². The number of nitrogens with one attached hydrogen (secondary N) is 3. The summed E-state index contributed by atoms with van der Waals surface area (Å²) in [7, 11) is 9.84. The molecule has 0 bridgehead atoms. The highest BCUT2D eigenvalue weighted by atomic mass is 16.5. The molecule has 3 aromatic rings. The minimum Gasteiger partial charge on any atom is -0.469 e. The van der Waals surface area contributed by atoms with Gasteiger partial charge in [0.15, 0.2) is 0 Å². The maximum atomic E-state index is 14.3. The number of amides is 1. The number of esters is 8. The highest BCUT2D eigenvalue weighted by molar-refractivity contribution is 5.81. The lowest BCUT2D eigenvalue weighted by Crippen LogP contribution is -2.53. The second-order valence-corrected chi connectivity index (χ2v) is 17.1. The van der Waals surface area contributed by atoms with E-state index >= 15 is 0 Å². The minimum atomic E-state index is -1.54. The van der Waals surface area contributed by atoms with Gasteiger partial charge < -0.3 is 62.9 Å². The normalized spacial score (nSPS) is 14.2. The van der Waals surface area contributed by atoms with E-state index in [1.807, 2.05) is 0 Å². The van der Waals surface area contributed by atoms with Gasteiger partial charge in [0.1, 0.15) is 0 Å². The van der Waals surface area contributed by atoms with E-state index in [-0.39, 0.29) is 103 Å². The van der Waals surface area contributed by atoms with Crippen LogP contribution >= 0.6 is 0 Å². The highest BCUT2D eigenvalue weighted by Gasteiger charge is 2.50. The Morgan fingerprint density at radius 2 is 0.903 bits per heavy atom. The third kappa shape index (κ3) is 14.2. The fourth-order valence-electron chi connectivity index (χ4n) is 9.49. The average molecular weight is 1010 g/mol. The van der Waals surface area contributed by atoms with Crippen molar-refractivity contribution in [1.29, 1.82) is 0 Å². The molecule has 394 valence electrons. The number of carbonyl (C=O) groups excluding carboxylic acids is 9. The number of hydrogen-bond donors (Lipinski definition) is 4. The smallest absolute Gasteiger partial charge is 0.310 e. The SMILES string of the molecule is COC(=O)CCC1=C(CC(=O)OC)C(Cc2[nH]cc(CC(=O)OC)c2CCC(=O)OC)(Cc2[nH]c(Cc3[nH]c(CO)c(CCC(=O)OC)c3CC(=O)OC)c(CCC(=O)OC)c2CC(=O)OC)N(C(C)=O)C1. The summed E-state index contributed by atoms with van der Waals surface area (Å²) in [6.45, 7) is 0.798. The summed E-state index contributed by atoms with van der Waals surface area (Å²) in [5.41, 5.74) is 4.28. The second-order valence-electron chi connectivity index (χ2n) is 17.1. The molecule has 4 N–H and O–H groups in total. The van der Waals surface area contributed by atoms with Crippen LogP contribution in [0.15, 0.2) is 17.3 Å². The number of H-pyrrole nitrogens is 3. The van der Waals surface area contributed by atoms with Gasteiger partial charge in [0.25, 0.3) is 0 Å². The summed E-state index contributed by atoms with van der Waals surface area (Å²) in [4.78, 5) is 129. The first-order valence-electron chi connectivity index (χ1n) is 23.1. The highest BCUT2D eigenvalue weighted by Crippen LogP contribution is 2.45. The monoisotopic (exact) mass is 1010 g/mol. The van der Waals surface area contributed by atoms with Crippen LogP contribution in [-0.2, 0) is 145 Å². The molecule has 1 aliphatic heterocycles. The molecule has 1 unspecified atom stereocenters. The predicted molar refractivity (Wildman–Crippen MR) is 252 cm³/mol. The molecular weight excluding hydrogens is 945 g/mol. The largest absolute Gasteiger partial charge is 0.469 e. The maximum absolute atomic E-state index is 14.3. The third-order valence-corrected chi connectivity index (χ3v) is 13.1. The van der Waals surface area contributed by atoms with Crippen molar-refractivity contribution in [3.8, 4) is 0 Å². The lowest BCUT2D eigenvalue weighted by molar-refractivity contribution is -0.141. The van der Waals surface area contributed by atoms with Crippen molar-refractivity contribution in [2.75, 3.05) is 63.4 Å². The van der Waals surface area contributed by atoms with Gasteiger partial charge in [0, 0.05) is 93.1 Å². The van der Waals surface area contributed by atoms with Crippen LogP contribution < -0.4 is 0 Å². The number of aliphatic hydroxyl groups excluding tert-OH is 1. The summed E-state index contributed by atoms with van der Waals surface area (Å²) >= 11 is 0. The van der Waals surface area contributed by atoms with E-state index in [2.05, 4.69) is 15.0 Å². The molecule has 0 spiro atoms. The van der Waals surface area contributed by atoms with Crippen LogP contribution in [0.1, 0.15) is 107 Å². The molecule has 0 saturated carbocycles.